The average molecular weight is 429 g/mol. The van der Waals surface area contributed by atoms with E-state index in [1.54, 1.807) is 24.3 Å². The van der Waals surface area contributed by atoms with Crippen LogP contribution in [0.15, 0.2) is 76.9 Å². The molecule has 1 N–H and O–H groups in total. The lowest BCUT2D eigenvalue weighted by molar-refractivity contribution is -0.140. The summed E-state index contributed by atoms with van der Waals surface area (Å²) in [4.78, 5) is 27.5. The van der Waals surface area contributed by atoms with E-state index in [1.165, 1.54) is 11.2 Å². The quantitative estimate of drug-likeness (QED) is 0.372. The van der Waals surface area contributed by atoms with Gasteiger partial charge in [0.25, 0.3) is 11.7 Å². The predicted octanol–water partition coefficient (Wildman–Crippen LogP) is 4.27. The molecule has 0 bridgehead atoms. The second-order valence-corrected chi connectivity index (χ2v) is 8.20. The third-order valence-corrected chi connectivity index (χ3v) is 6.01. The largest absolute Gasteiger partial charge is 0.507 e. The summed E-state index contributed by atoms with van der Waals surface area (Å²) in [5, 5.41) is 11.2. The average Bonchev–Trinajstić information content (AvgIpc) is 3.51. The molecule has 0 radical (unpaired) electrons. The first-order valence-corrected chi connectivity index (χ1v) is 10.7. The van der Waals surface area contributed by atoms with Crippen LogP contribution >= 0.6 is 0 Å². The zero-order valence-corrected chi connectivity index (χ0v) is 17.7. The third-order valence-electron chi connectivity index (χ3n) is 6.01. The second kappa shape index (κ2) is 8.04. The number of hydrogen-bond donors (Lipinski definition) is 1. The maximum atomic E-state index is 13.1. The number of benzene rings is 2. The number of aliphatic hydroxyl groups is 1. The molecule has 0 saturated carbocycles. The van der Waals surface area contributed by atoms with Gasteiger partial charge in [-0.05, 0) is 54.8 Å². The normalized spacial score (nSPS) is 21.6. The van der Waals surface area contributed by atoms with Gasteiger partial charge in [-0.1, -0.05) is 30.3 Å². The van der Waals surface area contributed by atoms with Gasteiger partial charge < -0.3 is 19.2 Å². The van der Waals surface area contributed by atoms with E-state index in [-0.39, 0.29) is 17.4 Å². The molecule has 162 valence electrons. The van der Waals surface area contributed by atoms with Crippen molar-refractivity contribution in [2.75, 3.05) is 6.54 Å². The monoisotopic (exact) mass is 429 g/mol. The van der Waals surface area contributed by atoms with Gasteiger partial charge >= 0.3 is 0 Å². The summed E-state index contributed by atoms with van der Waals surface area (Å²) in [6.07, 6.45) is 2.87. The Morgan fingerprint density at radius 2 is 1.91 bits per heavy atom. The number of aliphatic hydroxyl groups excluding tert-OH is 1. The minimum absolute atomic E-state index is 0.0462. The smallest absolute Gasteiger partial charge is 0.295 e. The summed E-state index contributed by atoms with van der Waals surface area (Å²) in [7, 11) is 0. The van der Waals surface area contributed by atoms with Crippen LogP contribution in [0, 0.1) is 0 Å². The lowest BCUT2D eigenvalue weighted by Gasteiger charge is -2.23. The second-order valence-electron chi connectivity index (χ2n) is 8.20. The lowest BCUT2D eigenvalue weighted by atomic mass is 9.97. The highest BCUT2D eigenvalue weighted by molar-refractivity contribution is 6.46. The number of fused-ring (bicyclic) bond motifs is 1. The molecular weight excluding hydrogens is 406 g/mol. The Kier molecular flexibility index (Phi) is 5.05. The van der Waals surface area contributed by atoms with Crippen molar-refractivity contribution >= 4 is 17.4 Å². The van der Waals surface area contributed by atoms with Crippen LogP contribution in [0.5, 0.6) is 5.75 Å². The van der Waals surface area contributed by atoms with Crippen LogP contribution < -0.4 is 4.74 Å². The molecule has 1 aromatic heterocycles. The van der Waals surface area contributed by atoms with E-state index in [0.29, 0.717) is 24.3 Å². The molecule has 5 rings (SSSR count). The zero-order chi connectivity index (χ0) is 22.2. The number of ketones is 1. The summed E-state index contributed by atoms with van der Waals surface area (Å²) >= 11 is 0. The van der Waals surface area contributed by atoms with Crippen molar-refractivity contribution in [1.82, 2.24) is 4.90 Å². The van der Waals surface area contributed by atoms with Crippen molar-refractivity contribution in [3.8, 4) is 5.75 Å². The first-order chi connectivity index (χ1) is 15.5. The molecule has 0 spiro atoms. The number of amides is 1. The number of rotatable bonds is 5. The highest BCUT2D eigenvalue weighted by Crippen LogP contribution is 2.40. The lowest BCUT2D eigenvalue weighted by Crippen LogP contribution is -2.31. The standard InChI is InChI=1S/C26H23NO5/c1-16-14-19-15-18(9-10-20(19)32-16)24(28)22-23(21-8-5-13-31-21)27(26(30)25(22)29)12-11-17-6-3-2-4-7-17/h2-10,13,15-16,23,28H,11-12,14H2,1H3/t16-,23-/m0/s1. The topological polar surface area (TPSA) is 80.0 Å². The van der Waals surface area contributed by atoms with Crippen molar-refractivity contribution in [2.24, 2.45) is 0 Å². The highest BCUT2D eigenvalue weighted by atomic mass is 16.5. The zero-order valence-electron chi connectivity index (χ0n) is 17.7. The van der Waals surface area contributed by atoms with Crippen LogP contribution in [0.4, 0.5) is 0 Å². The Labute approximate surface area is 185 Å². The number of furan rings is 1. The van der Waals surface area contributed by atoms with E-state index in [9.17, 15) is 14.7 Å². The Bertz CT molecular complexity index is 1200. The summed E-state index contributed by atoms with van der Waals surface area (Å²) in [6.45, 7) is 2.31. The molecule has 6 nitrogen and oxygen atoms in total. The molecule has 3 aromatic rings. The first kappa shape index (κ1) is 20.1. The number of carbonyl (C=O) groups excluding carboxylic acids is 2. The van der Waals surface area contributed by atoms with Gasteiger partial charge in [-0.2, -0.15) is 0 Å². The van der Waals surface area contributed by atoms with Crippen molar-refractivity contribution in [3.63, 3.8) is 0 Å². The summed E-state index contributed by atoms with van der Waals surface area (Å²) in [5.74, 6) is -0.324. The van der Waals surface area contributed by atoms with Gasteiger partial charge in [0.15, 0.2) is 0 Å². The van der Waals surface area contributed by atoms with Gasteiger partial charge in [0.1, 0.15) is 29.4 Å². The number of Topliss-reactive ketones (excluding diaryl/α,β-unsaturated/α-hetero) is 1. The maximum Gasteiger partial charge on any atom is 0.295 e. The number of carbonyl (C=O) groups is 2. The molecule has 1 saturated heterocycles. The molecule has 2 atom stereocenters. The molecule has 32 heavy (non-hydrogen) atoms. The van der Waals surface area contributed by atoms with Crippen LogP contribution in [0.2, 0.25) is 0 Å². The molecule has 6 heteroatoms. The molecule has 1 fully saturated rings. The van der Waals surface area contributed by atoms with Crippen LogP contribution in [0.25, 0.3) is 5.76 Å². The van der Waals surface area contributed by atoms with Crippen molar-refractivity contribution < 1.29 is 23.8 Å². The van der Waals surface area contributed by atoms with Gasteiger partial charge in [-0.25, -0.2) is 0 Å². The molecular formula is C26H23NO5. The van der Waals surface area contributed by atoms with Crippen molar-refractivity contribution in [1.29, 1.82) is 0 Å². The summed E-state index contributed by atoms with van der Waals surface area (Å²) < 4.78 is 11.3. The Morgan fingerprint density at radius 1 is 1.09 bits per heavy atom. The minimum Gasteiger partial charge on any atom is -0.507 e. The van der Waals surface area contributed by atoms with E-state index in [1.807, 2.05) is 43.3 Å². The van der Waals surface area contributed by atoms with Gasteiger partial charge in [-0.15, -0.1) is 0 Å². The number of hydrogen-bond acceptors (Lipinski definition) is 5. The number of nitrogens with zero attached hydrogens (tertiary/aromatic N) is 1. The SMILES string of the molecule is C[C@H]1Cc2cc(C(O)=C3C(=O)C(=O)N(CCc4ccccc4)[C@H]3c3ccco3)ccc2O1. The third kappa shape index (κ3) is 3.47. The number of likely N-dealkylation sites (tertiary alicyclic amines) is 1. The van der Waals surface area contributed by atoms with Gasteiger partial charge in [-0.3, -0.25) is 9.59 Å². The molecule has 1 amide bonds. The fraction of sp³-hybridized carbons (Fsp3) is 0.231. The maximum absolute atomic E-state index is 13.1. The van der Waals surface area contributed by atoms with Gasteiger partial charge in [0, 0.05) is 18.5 Å². The Morgan fingerprint density at radius 3 is 2.66 bits per heavy atom. The van der Waals surface area contributed by atoms with E-state index < -0.39 is 17.7 Å². The number of ether oxygens (including phenoxy) is 1. The highest BCUT2D eigenvalue weighted by Gasteiger charge is 2.47. The predicted molar refractivity (Wildman–Crippen MR) is 118 cm³/mol. The molecule has 0 aliphatic carbocycles. The summed E-state index contributed by atoms with van der Waals surface area (Å²) in [6, 6.07) is 17.7. The van der Waals surface area contributed by atoms with Crippen LogP contribution in [0.1, 0.15) is 35.4 Å². The van der Waals surface area contributed by atoms with Gasteiger partial charge in [0.2, 0.25) is 0 Å². The Hall–Kier alpha value is -3.80. The molecule has 2 aliphatic heterocycles. The van der Waals surface area contributed by atoms with Crippen LogP contribution in [0.3, 0.4) is 0 Å². The Balaban J connectivity index is 1.54. The van der Waals surface area contributed by atoms with Gasteiger partial charge in [0.05, 0.1) is 11.8 Å². The fourth-order valence-electron chi connectivity index (χ4n) is 4.47. The fourth-order valence-corrected chi connectivity index (χ4v) is 4.47. The summed E-state index contributed by atoms with van der Waals surface area (Å²) in [5.41, 5.74) is 2.55. The molecule has 0 unspecified atom stereocenters. The molecule has 3 heterocycles. The molecule has 2 aliphatic rings. The molecule has 2 aromatic carbocycles. The van der Waals surface area contributed by atoms with Crippen molar-refractivity contribution in [3.05, 3.63) is 95.0 Å². The minimum atomic E-state index is -0.780. The van der Waals surface area contributed by atoms with Crippen LogP contribution in [-0.4, -0.2) is 34.3 Å². The van der Waals surface area contributed by atoms with E-state index in [2.05, 4.69) is 0 Å². The van der Waals surface area contributed by atoms with E-state index in [4.69, 9.17) is 9.15 Å². The van der Waals surface area contributed by atoms with Crippen molar-refractivity contribution in [2.45, 2.75) is 31.9 Å². The van der Waals surface area contributed by atoms with E-state index >= 15 is 0 Å². The van der Waals surface area contributed by atoms with Crippen LogP contribution in [-0.2, 0) is 22.4 Å². The van der Waals surface area contributed by atoms with E-state index in [0.717, 1.165) is 23.3 Å². The first-order valence-electron chi connectivity index (χ1n) is 10.7.